The van der Waals surface area contributed by atoms with Crippen molar-refractivity contribution in [2.75, 3.05) is 33.2 Å². The Bertz CT molecular complexity index is 947. The van der Waals surface area contributed by atoms with Crippen LogP contribution in [-0.2, 0) is 6.42 Å². The number of rotatable bonds is 3. The van der Waals surface area contributed by atoms with Gasteiger partial charge in [0.05, 0.1) is 5.52 Å². The van der Waals surface area contributed by atoms with Crippen molar-refractivity contribution in [3.05, 3.63) is 59.9 Å². The van der Waals surface area contributed by atoms with Crippen LogP contribution in [-0.4, -0.2) is 58.9 Å². The highest BCUT2D eigenvalue weighted by Gasteiger charge is 2.27. The second-order valence-electron chi connectivity index (χ2n) is 7.33. The number of amides is 1. The van der Waals surface area contributed by atoms with E-state index in [9.17, 15) is 4.79 Å². The zero-order valence-electron chi connectivity index (χ0n) is 15.8. The topological polar surface area (TPSA) is 62.5 Å². The standard InChI is InChI=1S/C21H24N4O2/c1-15-19(23-14-27-15)21(26)25-10-9-24(2)12-16(13-25)11-18-6-3-5-17-7-4-8-22-20(17)18/h3-8,14,16H,9-13H2,1-2H3/t16-/m0/s1. The van der Waals surface area contributed by atoms with E-state index in [0.717, 1.165) is 30.4 Å². The molecule has 140 valence electrons. The molecule has 0 aliphatic carbocycles. The van der Waals surface area contributed by atoms with Gasteiger partial charge in [0.2, 0.25) is 0 Å². The van der Waals surface area contributed by atoms with Gasteiger partial charge in [-0.05, 0) is 37.9 Å². The van der Waals surface area contributed by atoms with Crippen molar-refractivity contribution in [2.45, 2.75) is 13.3 Å². The van der Waals surface area contributed by atoms with Crippen LogP contribution in [0.4, 0.5) is 0 Å². The van der Waals surface area contributed by atoms with Crippen LogP contribution in [0.2, 0.25) is 0 Å². The minimum Gasteiger partial charge on any atom is -0.448 e. The van der Waals surface area contributed by atoms with Gasteiger partial charge in [0.25, 0.3) is 5.91 Å². The highest BCUT2D eigenvalue weighted by Crippen LogP contribution is 2.22. The molecule has 1 aromatic carbocycles. The predicted molar refractivity (Wildman–Crippen MR) is 104 cm³/mol. The van der Waals surface area contributed by atoms with E-state index in [4.69, 9.17) is 4.42 Å². The number of pyridine rings is 1. The summed E-state index contributed by atoms with van der Waals surface area (Å²) in [7, 11) is 2.11. The summed E-state index contributed by atoms with van der Waals surface area (Å²) >= 11 is 0. The quantitative estimate of drug-likeness (QED) is 0.715. The number of nitrogens with zero attached hydrogens (tertiary/aromatic N) is 4. The Labute approximate surface area is 158 Å². The Morgan fingerprint density at radius 3 is 2.85 bits per heavy atom. The van der Waals surface area contributed by atoms with Crippen molar-refractivity contribution in [3.8, 4) is 0 Å². The monoisotopic (exact) mass is 364 g/mol. The Balaban J connectivity index is 1.57. The molecule has 0 spiro atoms. The van der Waals surface area contributed by atoms with Crippen molar-refractivity contribution in [1.82, 2.24) is 19.8 Å². The minimum atomic E-state index is -0.0439. The molecule has 0 saturated carbocycles. The molecule has 6 heteroatoms. The molecule has 1 saturated heterocycles. The number of carbonyl (C=O) groups excluding carboxylic acids is 1. The lowest BCUT2D eigenvalue weighted by atomic mass is 9.96. The van der Waals surface area contributed by atoms with E-state index in [2.05, 4.69) is 46.2 Å². The van der Waals surface area contributed by atoms with Gasteiger partial charge in [-0.15, -0.1) is 0 Å². The lowest BCUT2D eigenvalue weighted by molar-refractivity contribution is 0.0739. The third kappa shape index (κ3) is 3.71. The van der Waals surface area contributed by atoms with Crippen LogP contribution in [0.1, 0.15) is 21.8 Å². The SMILES string of the molecule is Cc1ocnc1C(=O)N1CCN(C)C[C@H](Cc2cccc3cccnc23)C1. The molecule has 1 fully saturated rings. The number of benzene rings is 1. The Kier molecular flexibility index (Phi) is 4.90. The van der Waals surface area contributed by atoms with Gasteiger partial charge >= 0.3 is 0 Å². The number of hydrogen-bond acceptors (Lipinski definition) is 5. The van der Waals surface area contributed by atoms with E-state index in [1.165, 1.54) is 12.0 Å². The molecule has 6 nitrogen and oxygen atoms in total. The maximum atomic E-state index is 12.9. The fraction of sp³-hybridized carbons (Fsp3) is 0.381. The highest BCUT2D eigenvalue weighted by atomic mass is 16.3. The summed E-state index contributed by atoms with van der Waals surface area (Å²) in [5.41, 5.74) is 2.71. The van der Waals surface area contributed by atoms with Crippen LogP contribution >= 0.6 is 0 Å². The second kappa shape index (κ2) is 7.48. The van der Waals surface area contributed by atoms with Gasteiger partial charge in [-0.25, -0.2) is 4.98 Å². The van der Waals surface area contributed by atoms with Crippen molar-refractivity contribution >= 4 is 16.8 Å². The Hall–Kier alpha value is -2.73. The summed E-state index contributed by atoms with van der Waals surface area (Å²) < 4.78 is 5.22. The van der Waals surface area contributed by atoms with E-state index in [1.807, 2.05) is 17.2 Å². The van der Waals surface area contributed by atoms with Gasteiger partial charge in [-0.3, -0.25) is 9.78 Å². The maximum Gasteiger partial charge on any atom is 0.276 e. The molecule has 27 heavy (non-hydrogen) atoms. The zero-order valence-corrected chi connectivity index (χ0v) is 15.8. The van der Waals surface area contributed by atoms with E-state index < -0.39 is 0 Å². The number of aromatic nitrogens is 2. The summed E-state index contributed by atoms with van der Waals surface area (Å²) in [6.07, 6.45) is 4.07. The van der Waals surface area contributed by atoms with Crippen LogP contribution < -0.4 is 0 Å². The number of oxazole rings is 1. The smallest absolute Gasteiger partial charge is 0.276 e. The number of fused-ring (bicyclic) bond motifs is 1. The molecular formula is C21H24N4O2. The minimum absolute atomic E-state index is 0.0439. The summed E-state index contributed by atoms with van der Waals surface area (Å²) in [6, 6.07) is 10.4. The molecule has 0 unspecified atom stereocenters. The molecular weight excluding hydrogens is 340 g/mol. The number of likely N-dealkylation sites (N-methyl/N-ethyl adjacent to an activating group) is 1. The Morgan fingerprint density at radius 1 is 1.19 bits per heavy atom. The molecule has 0 radical (unpaired) electrons. The third-order valence-electron chi connectivity index (χ3n) is 5.26. The van der Waals surface area contributed by atoms with Crippen LogP contribution in [0.3, 0.4) is 0 Å². The van der Waals surface area contributed by atoms with E-state index in [0.29, 0.717) is 30.5 Å². The molecule has 1 aliphatic heterocycles. The molecule has 1 aliphatic rings. The maximum absolute atomic E-state index is 12.9. The first kappa shape index (κ1) is 17.7. The van der Waals surface area contributed by atoms with Crippen LogP contribution in [0.5, 0.6) is 0 Å². The molecule has 4 rings (SSSR count). The van der Waals surface area contributed by atoms with E-state index >= 15 is 0 Å². The molecule has 0 N–H and O–H groups in total. The van der Waals surface area contributed by atoms with Crippen LogP contribution in [0, 0.1) is 12.8 Å². The number of carbonyl (C=O) groups is 1. The van der Waals surface area contributed by atoms with Gasteiger partial charge in [0, 0.05) is 37.8 Å². The summed E-state index contributed by atoms with van der Waals surface area (Å²) in [6.45, 7) is 4.99. The van der Waals surface area contributed by atoms with Crippen molar-refractivity contribution < 1.29 is 9.21 Å². The van der Waals surface area contributed by atoms with Gasteiger partial charge in [-0.1, -0.05) is 24.3 Å². The van der Waals surface area contributed by atoms with Crippen LogP contribution in [0.15, 0.2) is 47.3 Å². The summed E-state index contributed by atoms with van der Waals surface area (Å²) in [5.74, 6) is 0.867. The molecule has 0 bridgehead atoms. The second-order valence-corrected chi connectivity index (χ2v) is 7.33. The lowest BCUT2D eigenvalue weighted by Crippen LogP contribution is -2.37. The van der Waals surface area contributed by atoms with E-state index in [-0.39, 0.29) is 5.91 Å². The molecule has 2 aromatic heterocycles. The van der Waals surface area contributed by atoms with Gasteiger partial charge in [-0.2, -0.15) is 0 Å². The molecule has 3 aromatic rings. The average molecular weight is 364 g/mol. The molecule has 1 amide bonds. The largest absolute Gasteiger partial charge is 0.448 e. The van der Waals surface area contributed by atoms with Gasteiger partial charge < -0.3 is 14.2 Å². The predicted octanol–water partition coefficient (Wildman–Crippen LogP) is 2.78. The van der Waals surface area contributed by atoms with Crippen molar-refractivity contribution in [3.63, 3.8) is 0 Å². The third-order valence-corrected chi connectivity index (χ3v) is 5.26. The first-order chi connectivity index (χ1) is 13.1. The summed E-state index contributed by atoms with van der Waals surface area (Å²) in [5, 5.41) is 1.16. The lowest BCUT2D eigenvalue weighted by Gasteiger charge is -2.24. The highest BCUT2D eigenvalue weighted by molar-refractivity contribution is 5.93. The number of hydrogen-bond donors (Lipinski definition) is 0. The van der Waals surface area contributed by atoms with Gasteiger partial charge in [0.1, 0.15) is 5.76 Å². The Morgan fingerprint density at radius 2 is 2.04 bits per heavy atom. The first-order valence-electron chi connectivity index (χ1n) is 9.32. The number of para-hydroxylation sites is 1. The fourth-order valence-electron chi connectivity index (χ4n) is 3.90. The van der Waals surface area contributed by atoms with Gasteiger partial charge in [0.15, 0.2) is 12.1 Å². The first-order valence-corrected chi connectivity index (χ1v) is 9.32. The zero-order chi connectivity index (χ0) is 18.8. The molecule has 1 atom stereocenters. The summed E-state index contributed by atoms with van der Waals surface area (Å²) in [4.78, 5) is 25.8. The fourth-order valence-corrected chi connectivity index (χ4v) is 3.90. The van der Waals surface area contributed by atoms with E-state index in [1.54, 1.807) is 6.92 Å². The van der Waals surface area contributed by atoms with Crippen LogP contribution in [0.25, 0.3) is 10.9 Å². The van der Waals surface area contributed by atoms with Crippen molar-refractivity contribution in [1.29, 1.82) is 0 Å². The van der Waals surface area contributed by atoms with Crippen molar-refractivity contribution in [2.24, 2.45) is 5.92 Å². The molecule has 3 heterocycles. The number of aryl methyl sites for hydroxylation is 1. The normalized spacial score (nSPS) is 18.6. The average Bonchev–Trinajstić information content (AvgIpc) is 3.01.